The minimum atomic E-state index is 0.180. The van der Waals surface area contributed by atoms with Gasteiger partial charge in [-0.2, -0.15) is 0 Å². The van der Waals surface area contributed by atoms with Crippen LogP contribution >= 0.6 is 0 Å². The zero-order valence-electron chi connectivity index (χ0n) is 13.7. The summed E-state index contributed by atoms with van der Waals surface area (Å²) in [6, 6.07) is 8.04. The number of piperazine rings is 1. The van der Waals surface area contributed by atoms with Gasteiger partial charge in [0.25, 0.3) is 0 Å². The lowest BCUT2D eigenvalue weighted by Gasteiger charge is -2.36. The average molecular weight is 310 g/mol. The monoisotopic (exact) mass is 310 g/mol. The predicted molar refractivity (Wildman–Crippen MR) is 90.4 cm³/mol. The van der Waals surface area contributed by atoms with Crippen molar-refractivity contribution in [3.8, 4) is 0 Å². The molecule has 0 N–H and O–H groups in total. The largest absolute Gasteiger partial charge is 0.368 e. The van der Waals surface area contributed by atoms with Crippen molar-refractivity contribution >= 4 is 11.6 Å². The van der Waals surface area contributed by atoms with Crippen LogP contribution in [0.25, 0.3) is 0 Å². The highest BCUT2D eigenvalue weighted by molar-refractivity contribution is 5.79. The van der Waals surface area contributed by atoms with E-state index in [1.807, 2.05) is 30.9 Å². The summed E-state index contributed by atoms with van der Waals surface area (Å²) in [6.07, 6.45) is 3.92. The molecule has 5 nitrogen and oxygen atoms in total. The molecule has 1 saturated heterocycles. The van der Waals surface area contributed by atoms with Crippen LogP contribution in [0, 0.1) is 13.8 Å². The number of pyridine rings is 2. The van der Waals surface area contributed by atoms with E-state index in [-0.39, 0.29) is 5.91 Å². The van der Waals surface area contributed by atoms with Gasteiger partial charge in [0.1, 0.15) is 0 Å². The van der Waals surface area contributed by atoms with E-state index in [1.54, 1.807) is 12.4 Å². The summed E-state index contributed by atoms with van der Waals surface area (Å²) < 4.78 is 0. The molecule has 2 aromatic heterocycles. The first-order chi connectivity index (χ1) is 11.1. The van der Waals surface area contributed by atoms with Crippen molar-refractivity contribution in [2.24, 2.45) is 0 Å². The molecule has 0 radical (unpaired) electrons. The molecule has 2 aromatic rings. The van der Waals surface area contributed by atoms with Crippen molar-refractivity contribution in [2.45, 2.75) is 20.3 Å². The Bertz CT molecular complexity index is 658. The number of carbonyl (C=O) groups excluding carboxylic acids is 1. The lowest BCUT2D eigenvalue weighted by atomic mass is 10.1. The third-order valence-corrected chi connectivity index (χ3v) is 4.14. The van der Waals surface area contributed by atoms with Crippen LogP contribution in [-0.2, 0) is 11.2 Å². The molecule has 23 heavy (non-hydrogen) atoms. The van der Waals surface area contributed by atoms with Crippen molar-refractivity contribution in [2.75, 3.05) is 31.1 Å². The third-order valence-electron chi connectivity index (χ3n) is 4.14. The number of anilines is 1. The van der Waals surface area contributed by atoms with Gasteiger partial charge in [0.05, 0.1) is 6.42 Å². The van der Waals surface area contributed by atoms with Gasteiger partial charge in [-0.3, -0.25) is 14.8 Å². The fourth-order valence-corrected chi connectivity index (χ4v) is 3.00. The van der Waals surface area contributed by atoms with Crippen LogP contribution in [0.4, 0.5) is 5.69 Å². The molecule has 0 atom stereocenters. The number of hydrogen-bond donors (Lipinski definition) is 0. The minimum absolute atomic E-state index is 0.180. The highest BCUT2D eigenvalue weighted by atomic mass is 16.2. The predicted octanol–water partition coefficient (Wildman–Crippen LogP) is 1.98. The van der Waals surface area contributed by atoms with Crippen LogP contribution in [0.3, 0.4) is 0 Å². The van der Waals surface area contributed by atoms with Crippen molar-refractivity contribution < 1.29 is 4.79 Å². The van der Waals surface area contributed by atoms with Gasteiger partial charge < -0.3 is 9.80 Å². The quantitative estimate of drug-likeness (QED) is 0.870. The molecule has 0 bridgehead atoms. The molecule has 0 aliphatic carbocycles. The first-order valence-corrected chi connectivity index (χ1v) is 7.99. The van der Waals surface area contributed by atoms with Crippen LogP contribution < -0.4 is 4.90 Å². The summed E-state index contributed by atoms with van der Waals surface area (Å²) in [5.41, 5.74) is 4.25. The number of aryl methyl sites for hydroxylation is 2. The van der Waals surface area contributed by atoms with Gasteiger partial charge >= 0.3 is 0 Å². The lowest BCUT2D eigenvalue weighted by Crippen LogP contribution is -2.49. The Morgan fingerprint density at radius 1 is 1.13 bits per heavy atom. The smallest absolute Gasteiger partial charge is 0.227 e. The summed E-state index contributed by atoms with van der Waals surface area (Å²) in [6.45, 7) is 7.29. The summed E-state index contributed by atoms with van der Waals surface area (Å²) in [5, 5.41) is 0. The van der Waals surface area contributed by atoms with Crippen LogP contribution in [0.5, 0.6) is 0 Å². The molecule has 120 valence electrons. The summed E-state index contributed by atoms with van der Waals surface area (Å²) >= 11 is 0. The molecule has 1 aliphatic heterocycles. The van der Waals surface area contributed by atoms with Crippen molar-refractivity contribution in [1.82, 2.24) is 14.9 Å². The molecule has 0 unspecified atom stereocenters. The molecule has 3 heterocycles. The highest BCUT2D eigenvalue weighted by Gasteiger charge is 2.21. The van der Waals surface area contributed by atoms with E-state index in [0.29, 0.717) is 6.42 Å². The van der Waals surface area contributed by atoms with Gasteiger partial charge in [-0.25, -0.2) is 0 Å². The van der Waals surface area contributed by atoms with Crippen molar-refractivity contribution in [3.05, 3.63) is 53.6 Å². The second kappa shape index (κ2) is 6.77. The zero-order valence-corrected chi connectivity index (χ0v) is 13.7. The van der Waals surface area contributed by atoms with Gasteiger partial charge in [0.2, 0.25) is 5.91 Å². The lowest BCUT2D eigenvalue weighted by molar-refractivity contribution is -0.130. The fraction of sp³-hybridized carbons (Fsp3) is 0.389. The molecule has 1 amide bonds. The third kappa shape index (κ3) is 3.86. The van der Waals surface area contributed by atoms with E-state index >= 15 is 0 Å². The molecule has 0 aromatic carbocycles. The van der Waals surface area contributed by atoms with Gasteiger partial charge in [-0.05, 0) is 37.6 Å². The van der Waals surface area contributed by atoms with E-state index in [4.69, 9.17) is 0 Å². The maximum atomic E-state index is 12.4. The Hall–Kier alpha value is -2.43. The summed E-state index contributed by atoms with van der Waals surface area (Å²) in [7, 11) is 0. The molecule has 1 aliphatic rings. The topological polar surface area (TPSA) is 49.3 Å². The molecular formula is C18H22N4O. The van der Waals surface area contributed by atoms with Crippen molar-refractivity contribution in [3.63, 3.8) is 0 Å². The zero-order chi connectivity index (χ0) is 16.2. The Labute approximate surface area is 137 Å². The van der Waals surface area contributed by atoms with Gasteiger partial charge in [0.15, 0.2) is 0 Å². The number of rotatable bonds is 3. The maximum absolute atomic E-state index is 12.4. The van der Waals surface area contributed by atoms with E-state index in [1.165, 1.54) is 5.69 Å². The summed E-state index contributed by atoms with van der Waals surface area (Å²) in [5.74, 6) is 0.180. The Morgan fingerprint density at radius 3 is 2.43 bits per heavy atom. The normalized spacial score (nSPS) is 14.9. The van der Waals surface area contributed by atoms with Gasteiger partial charge in [-0.1, -0.05) is 6.07 Å². The van der Waals surface area contributed by atoms with E-state index in [0.717, 1.165) is 43.1 Å². The van der Waals surface area contributed by atoms with Crippen LogP contribution in [0.2, 0.25) is 0 Å². The van der Waals surface area contributed by atoms with E-state index in [9.17, 15) is 4.79 Å². The molecule has 0 spiro atoms. The number of nitrogens with zero attached hydrogens (tertiary/aromatic N) is 4. The second-order valence-corrected chi connectivity index (χ2v) is 6.01. The number of amides is 1. The number of aromatic nitrogens is 2. The molecule has 0 saturated carbocycles. The maximum Gasteiger partial charge on any atom is 0.227 e. The Kier molecular flexibility index (Phi) is 4.55. The standard InChI is InChI=1S/C18H22N4O/c1-14-10-17(11-15(2)20-14)21-6-8-22(9-7-21)18(23)12-16-4-3-5-19-13-16/h3-5,10-11,13H,6-9,12H2,1-2H3. The molecular weight excluding hydrogens is 288 g/mol. The summed E-state index contributed by atoms with van der Waals surface area (Å²) in [4.78, 5) is 25.2. The highest BCUT2D eigenvalue weighted by Crippen LogP contribution is 2.18. The molecule has 5 heteroatoms. The van der Waals surface area contributed by atoms with Crippen LogP contribution in [0.1, 0.15) is 17.0 Å². The second-order valence-electron chi connectivity index (χ2n) is 6.01. The minimum Gasteiger partial charge on any atom is -0.368 e. The average Bonchev–Trinajstić information content (AvgIpc) is 2.55. The van der Waals surface area contributed by atoms with Crippen LogP contribution in [-0.4, -0.2) is 47.0 Å². The van der Waals surface area contributed by atoms with Gasteiger partial charge in [-0.15, -0.1) is 0 Å². The fourth-order valence-electron chi connectivity index (χ4n) is 3.00. The van der Waals surface area contributed by atoms with Crippen molar-refractivity contribution in [1.29, 1.82) is 0 Å². The molecule has 1 fully saturated rings. The Morgan fingerprint density at radius 2 is 1.83 bits per heavy atom. The first kappa shape index (κ1) is 15.5. The number of hydrogen-bond acceptors (Lipinski definition) is 4. The van der Waals surface area contributed by atoms with E-state index < -0.39 is 0 Å². The molecule has 3 rings (SSSR count). The number of carbonyl (C=O) groups is 1. The first-order valence-electron chi connectivity index (χ1n) is 7.99. The SMILES string of the molecule is Cc1cc(N2CCN(C(=O)Cc3cccnc3)CC2)cc(C)n1. The Balaban J connectivity index is 1.58. The van der Waals surface area contributed by atoms with Crippen LogP contribution in [0.15, 0.2) is 36.7 Å². The van der Waals surface area contributed by atoms with Gasteiger partial charge in [0, 0.05) is 55.6 Å². The van der Waals surface area contributed by atoms with E-state index in [2.05, 4.69) is 27.0 Å².